The van der Waals surface area contributed by atoms with Gasteiger partial charge in [-0.1, -0.05) is 17.7 Å². The molecule has 1 aromatic carbocycles. The Morgan fingerprint density at radius 1 is 1.07 bits per heavy atom. The molecule has 9 nitrogen and oxygen atoms in total. The predicted octanol–water partition coefficient (Wildman–Crippen LogP) is 2.94. The summed E-state index contributed by atoms with van der Waals surface area (Å²) in [4.78, 5) is 43.9. The van der Waals surface area contributed by atoms with Gasteiger partial charge in [0.2, 0.25) is 5.91 Å². The third-order valence-corrected chi connectivity index (χ3v) is 5.34. The molecule has 2 aromatic rings. The SMILES string of the molecule is CCOC(=O)N1CCN(C(=O)Nc2nc(CC(=O)Nc3ccc(C)cc3)cs2)CC1. The van der Waals surface area contributed by atoms with Crippen LogP contribution in [0, 0.1) is 6.92 Å². The minimum absolute atomic E-state index is 0.123. The average Bonchev–Trinajstić information content (AvgIpc) is 3.16. The summed E-state index contributed by atoms with van der Waals surface area (Å²) < 4.78 is 4.98. The molecule has 4 amide bonds. The highest BCUT2D eigenvalue weighted by atomic mass is 32.1. The van der Waals surface area contributed by atoms with Gasteiger partial charge in [-0.2, -0.15) is 0 Å². The summed E-state index contributed by atoms with van der Waals surface area (Å²) in [6, 6.07) is 7.28. The number of urea groups is 1. The Morgan fingerprint density at radius 3 is 2.40 bits per heavy atom. The number of thiazole rings is 1. The van der Waals surface area contributed by atoms with E-state index in [0.29, 0.717) is 43.6 Å². The van der Waals surface area contributed by atoms with Crippen molar-refractivity contribution in [3.05, 3.63) is 40.9 Å². The molecule has 3 rings (SSSR count). The van der Waals surface area contributed by atoms with Crippen LogP contribution in [0.1, 0.15) is 18.2 Å². The van der Waals surface area contributed by atoms with E-state index in [0.717, 1.165) is 11.3 Å². The Kier molecular flexibility index (Phi) is 7.23. The number of rotatable bonds is 5. The van der Waals surface area contributed by atoms with Crippen molar-refractivity contribution < 1.29 is 19.1 Å². The molecule has 160 valence electrons. The smallest absolute Gasteiger partial charge is 0.409 e. The highest BCUT2D eigenvalue weighted by Crippen LogP contribution is 2.18. The van der Waals surface area contributed by atoms with E-state index in [9.17, 15) is 14.4 Å². The zero-order chi connectivity index (χ0) is 21.5. The maximum atomic E-state index is 12.4. The van der Waals surface area contributed by atoms with E-state index >= 15 is 0 Å². The zero-order valence-corrected chi connectivity index (χ0v) is 17.8. The third-order valence-electron chi connectivity index (χ3n) is 4.54. The normalized spacial score (nSPS) is 13.7. The lowest BCUT2D eigenvalue weighted by Gasteiger charge is -2.33. The average molecular weight is 432 g/mol. The third kappa shape index (κ3) is 5.93. The molecule has 2 N–H and O–H groups in total. The molecule has 10 heteroatoms. The molecule has 0 radical (unpaired) electrons. The Bertz CT molecular complexity index is 891. The van der Waals surface area contributed by atoms with E-state index in [4.69, 9.17) is 4.74 Å². The van der Waals surface area contributed by atoms with Gasteiger partial charge in [-0.25, -0.2) is 14.6 Å². The van der Waals surface area contributed by atoms with Crippen molar-refractivity contribution in [1.29, 1.82) is 0 Å². The summed E-state index contributed by atoms with van der Waals surface area (Å²) in [5.74, 6) is -0.169. The summed E-state index contributed by atoms with van der Waals surface area (Å²) in [7, 11) is 0. The van der Waals surface area contributed by atoms with Gasteiger partial charge in [-0.3, -0.25) is 10.1 Å². The van der Waals surface area contributed by atoms with Crippen LogP contribution >= 0.6 is 11.3 Å². The molecule has 2 heterocycles. The number of aromatic nitrogens is 1. The number of piperazine rings is 1. The minimum Gasteiger partial charge on any atom is -0.450 e. The van der Waals surface area contributed by atoms with Crippen LogP contribution in [0.2, 0.25) is 0 Å². The highest BCUT2D eigenvalue weighted by Gasteiger charge is 2.25. The predicted molar refractivity (Wildman–Crippen MR) is 115 cm³/mol. The fourth-order valence-electron chi connectivity index (χ4n) is 2.93. The molecule has 1 fully saturated rings. The van der Waals surface area contributed by atoms with Crippen molar-refractivity contribution in [2.45, 2.75) is 20.3 Å². The van der Waals surface area contributed by atoms with Gasteiger partial charge in [0.25, 0.3) is 0 Å². The number of anilines is 2. The lowest BCUT2D eigenvalue weighted by atomic mass is 10.2. The quantitative estimate of drug-likeness (QED) is 0.758. The Labute approximate surface area is 179 Å². The second-order valence-electron chi connectivity index (χ2n) is 6.84. The van der Waals surface area contributed by atoms with E-state index < -0.39 is 0 Å². The number of carbonyl (C=O) groups excluding carboxylic acids is 3. The van der Waals surface area contributed by atoms with Gasteiger partial charge < -0.3 is 19.9 Å². The van der Waals surface area contributed by atoms with Crippen LogP contribution in [-0.2, 0) is 16.0 Å². The van der Waals surface area contributed by atoms with Gasteiger partial charge in [0.05, 0.1) is 18.7 Å². The van der Waals surface area contributed by atoms with Crippen LogP contribution in [0.3, 0.4) is 0 Å². The summed E-state index contributed by atoms with van der Waals surface area (Å²) in [6.07, 6.45) is -0.232. The van der Waals surface area contributed by atoms with E-state index in [1.807, 2.05) is 31.2 Å². The number of ether oxygens (including phenoxy) is 1. The molecular weight excluding hydrogens is 406 g/mol. The van der Waals surface area contributed by atoms with Gasteiger partial charge in [0.1, 0.15) is 0 Å². The van der Waals surface area contributed by atoms with Crippen LogP contribution in [-0.4, -0.2) is 65.6 Å². The van der Waals surface area contributed by atoms with Crippen molar-refractivity contribution in [3.8, 4) is 0 Å². The molecule has 0 bridgehead atoms. The van der Waals surface area contributed by atoms with Gasteiger partial charge in [0.15, 0.2) is 5.13 Å². The lowest BCUT2D eigenvalue weighted by molar-refractivity contribution is -0.115. The summed E-state index contributed by atoms with van der Waals surface area (Å²) in [5, 5.41) is 7.78. The second kappa shape index (κ2) is 10.1. The van der Waals surface area contributed by atoms with E-state index in [1.165, 1.54) is 11.3 Å². The first kappa shape index (κ1) is 21.6. The molecule has 1 aliphatic rings. The summed E-state index contributed by atoms with van der Waals surface area (Å²) in [6.45, 7) is 5.76. The highest BCUT2D eigenvalue weighted by molar-refractivity contribution is 7.13. The maximum absolute atomic E-state index is 12.4. The first-order valence-corrected chi connectivity index (χ1v) is 10.6. The van der Waals surface area contributed by atoms with E-state index in [-0.39, 0.29) is 24.5 Å². The second-order valence-corrected chi connectivity index (χ2v) is 7.70. The lowest BCUT2D eigenvalue weighted by Crippen LogP contribution is -2.51. The Balaban J connectivity index is 1.46. The first-order valence-electron chi connectivity index (χ1n) is 9.73. The molecule has 0 saturated carbocycles. The fourth-order valence-corrected chi connectivity index (χ4v) is 3.63. The topological polar surface area (TPSA) is 104 Å². The van der Waals surface area contributed by atoms with Gasteiger partial charge in [-0.15, -0.1) is 11.3 Å². The van der Waals surface area contributed by atoms with Gasteiger partial charge in [-0.05, 0) is 26.0 Å². The number of aryl methyl sites for hydroxylation is 1. The fraction of sp³-hybridized carbons (Fsp3) is 0.400. The number of hydrogen-bond acceptors (Lipinski definition) is 6. The van der Waals surface area contributed by atoms with Crippen LogP contribution in [0.25, 0.3) is 0 Å². The molecule has 30 heavy (non-hydrogen) atoms. The molecular formula is C20H25N5O4S. The number of carbonyl (C=O) groups is 3. The molecule has 1 aromatic heterocycles. The van der Waals surface area contributed by atoms with E-state index in [2.05, 4.69) is 15.6 Å². The van der Waals surface area contributed by atoms with Crippen molar-refractivity contribution in [3.63, 3.8) is 0 Å². The summed E-state index contributed by atoms with van der Waals surface area (Å²) >= 11 is 1.27. The monoisotopic (exact) mass is 431 g/mol. The molecule has 0 aliphatic carbocycles. The number of benzene rings is 1. The van der Waals surface area contributed by atoms with E-state index in [1.54, 1.807) is 22.1 Å². The van der Waals surface area contributed by atoms with Crippen LogP contribution in [0.5, 0.6) is 0 Å². The van der Waals surface area contributed by atoms with Crippen LogP contribution in [0.4, 0.5) is 20.4 Å². The molecule has 0 atom stereocenters. The van der Waals surface area contributed by atoms with Crippen molar-refractivity contribution in [1.82, 2.24) is 14.8 Å². The first-order chi connectivity index (χ1) is 14.4. The summed E-state index contributed by atoms with van der Waals surface area (Å²) in [5.41, 5.74) is 2.44. The minimum atomic E-state index is -0.356. The molecule has 0 spiro atoms. The number of nitrogens with zero attached hydrogens (tertiary/aromatic N) is 3. The van der Waals surface area contributed by atoms with Gasteiger partial charge in [0, 0.05) is 37.2 Å². The van der Waals surface area contributed by atoms with Crippen molar-refractivity contribution in [2.75, 3.05) is 43.4 Å². The number of nitrogens with one attached hydrogen (secondary N) is 2. The molecule has 0 unspecified atom stereocenters. The Morgan fingerprint density at radius 2 is 1.73 bits per heavy atom. The van der Waals surface area contributed by atoms with Crippen LogP contribution < -0.4 is 10.6 Å². The standard InChI is InChI=1S/C20H25N5O4S/c1-3-29-20(28)25-10-8-24(9-11-25)19(27)23-18-22-16(13-30-18)12-17(26)21-15-6-4-14(2)5-7-15/h4-7,13H,3,8-12H2,1-2H3,(H,21,26)(H,22,23,27). The molecule has 1 saturated heterocycles. The largest absolute Gasteiger partial charge is 0.450 e. The number of hydrogen-bond donors (Lipinski definition) is 2. The van der Waals surface area contributed by atoms with Crippen molar-refractivity contribution in [2.24, 2.45) is 0 Å². The van der Waals surface area contributed by atoms with Crippen molar-refractivity contribution >= 4 is 40.2 Å². The Hall–Kier alpha value is -3.14. The molecule has 1 aliphatic heterocycles. The number of amides is 4. The maximum Gasteiger partial charge on any atom is 0.409 e. The zero-order valence-electron chi connectivity index (χ0n) is 17.0. The van der Waals surface area contributed by atoms with Gasteiger partial charge >= 0.3 is 12.1 Å². The van der Waals surface area contributed by atoms with Crippen LogP contribution in [0.15, 0.2) is 29.6 Å².